The molecule has 0 saturated carbocycles. The number of thiocarbonyl (C=S) groups is 1. The first-order chi connectivity index (χ1) is 18.6. The third kappa shape index (κ3) is 4.53. The number of aryl methyl sites for hydroxylation is 2. The molecule has 4 heterocycles. The van der Waals surface area contributed by atoms with E-state index >= 15 is 0 Å². The number of hydrogen-bond acceptors (Lipinski definition) is 4. The molecule has 6 rings (SSSR count). The molecule has 7 heteroatoms. The van der Waals surface area contributed by atoms with E-state index in [0.29, 0.717) is 5.11 Å². The summed E-state index contributed by atoms with van der Waals surface area (Å²) in [5.74, 6) is 2.47. The van der Waals surface area contributed by atoms with Gasteiger partial charge >= 0.3 is 0 Å². The molecule has 1 saturated heterocycles. The van der Waals surface area contributed by atoms with Gasteiger partial charge < -0.3 is 19.5 Å². The van der Waals surface area contributed by atoms with E-state index in [1.165, 1.54) is 0 Å². The van der Waals surface area contributed by atoms with E-state index in [1.54, 1.807) is 0 Å². The third-order valence-electron chi connectivity index (χ3n) is 6.76. The van der Waals surface area contributed by atoms with E-state index in [-0.39, 0.29) is 12.1 Å². The fraction of sp³-hybridized carbons (Fsp3) is 0.129. The molecule has 0 radical (unpaired) electrons. The minimum atomic E-state index is -0.154. The second-order valence-electron chi connectivity index (χ2n) is 9.35. The summed E-state index contributed by atoms with van der Waals surface area (Å²) >= 11 is 5.91. The summed E-state index contributed by atoms with van der Waals surface area (Å²) in [6.45, 7) is 4.08. The summed E-state index contributed by atoms with van der Waals surface area (Å²) in [4.78, 5) is 11.5. The Morgan fingerprint density at radius 2 is 1.66 bits per heavy atom. The summed E-state index contributed by atoms with van der Waals surface area (Å²) in [7, 11) is 0. The van der Waals surface area contributed by atoms with Crippen LogP contribution in [0.4, 0.5) is 5.69 Å². The third-order valence-corrected chi connectivity index (χ3v) is 7.07. The molecule has 0 amide bonds. The summed E-state index contributed by atoms with van der Waals surface area (Å²) in [5.41, 5.74) is 5.15. The highest BCUT2D eigenvalue weighted by Gasteiger charge is 2.42. The smallest absolute Gasteiger partial charge is 0.174 e. The molecule has 5 aromatic rings. The monoisotopic (exact) mass is 517 g/mol. The second-order valence-corrected chi connectivity index (χ2v) is 9.74. The van der Waals surface area contributed by atoms with Crippen molar-refractivity contribution in [1.82, 2.24) is 19.9 Å². The molecule has 2 atom stereocenters. The molecule has 0 spiro atoms. The Bertz CT molecular complexity index is 1560. The first kappa shape index (κ1) is 23.9. The van der Waals surface area contributed by atoms with Crippen molar-refractivity contribution in [3.8, 4) is 17.3 Å². The van der Waals surface area contributed by atoms with Crippen molar-refractivity contribution in [3.63, 3.8) is 0 Å². The standard InChI is InChI=1S/C31H27N5OS/c1-21-12-17-28(33-20-21)35-19-7-10-26(35)30-29(25-9-5-6-18-32-25)34-31(38)36(30)23-13-15-24(16-14-23)37-27-11-4-3-8-22(27)2/h3-20,29-30H,1-2H3,(H,34,38)/t29-,30-/m1/s1. The number of benzene rings is 2. The lowest BCUT2D eigenvalue weighted by molar-refractivity contribution is 0.479. The van der Waals surface area contributed by atoms with Gasteiger partial charge in [-0.05, 0) is 97.9 Å². The van der Waals surface area contributed by atoms with Gasteiger partial charge in [0.2, 0.25) is 0 Å². The fourth-order valence-corrected chi connectivity index (χ4v) is 5.20. The van der Waals surface area contributed by atoms with Crippen LogP contribution in [-0.4, -0.2) is 19.6 Å². The van der Waals surface area contributed by atoms with Crippen molar-refractivity contribution in [3.05, 3.63) is 132 Å². The van der Waals surface area contributed by atoms with Crippen LogP contribution < -0.4 is 15.0 Å². The average molecular weight is 518 g/mol. The SMILES string of the molecule is Cc1ccc(-n2cccc2[C@@H]2[C@@H](c3ccccn3)NC(=S)N2c2ccc(Oc3ccccc3C)cc2)nc1. The number of aromatic nitrogens is 3. The van der Waals surface area contributed by atoms with E-state index in [1.807, 2.05) is 111 Å². The van der Waals surface area contributed by atoms with Crippen LogP contribution >= 0.6 is 12.2 Å². The Morgan fingerprint density at radius 3 is 2.39 bits per heavy atom. The van der Waals surface area contributed by atoms with E-state index in [0.717, 1.165) is 45.5 Å². The fourth-order valence-electron chi connectivity index (χ4n) is 4.85. The van der Waals surface area contributed by atoms with E-state index in [2.05, 4.69) is 36.9 Å². The van der Waals surface area contributed by atoms with Crippen molar-refractivity contribution >= 4 is 23.0 Å². The number of anilines is 1. The Morgan fingerprint density at radius 1 is 0.842 bits per heavy atom. The average Bonchev–Trinajstić information content (AvgIpc) is 3.56. The molecule has 0 bridgehead atoms. The van der Waals surface area contributed by atoms with Crippen LogP contribution in [0.2, 0.25) is 0 Å². The molecule has 1 aliphatic heterocycles. The van der Waals surface area contributed by atoms with Crippen molar-refractivity contribution in [2.24, 2.45) is 0 Å². The molecule has 0 aliphatic carbocycles. The van der Waals surface area contributed by atoms with Crippen LogP contribution in [-0.2, 0) is 0 Å². The van der Waals surface area contributed by atoms with Crippen molar-refractivity contribution in [1.29, 1.82) is 0 Å². The van der Waals surface area contributed by atoms with Crippen molar-refractivity contribution in [2.45, 2.75) is 25.9 Å². The zero-order chi connectivity index (χ0) is 26.1. The van der Waals surface area contributed by atoms with Gasteiger partial charge in [0, 0.05) is 30.0 Å². The molecule has 1 aliphatic rings. The largest absolute Gasteiger partial charge is 0.457 e. The number of ether oxygens (including phenoxy) is 1. The van der Waals surface area contributed by atoms with Crippen LogP contribution in [0.5, 0.6) is 11.5 Å². The van der Waals surface area contributed by atoms with E-state index in [4.69, 9.17) is 17.0 Å². The Balaban J connectivity index is 1.40. The van der Waals surface area contributed by atoms with Crippen LogP contribution in [0.1, 0.15) is 34.6 Å². The highest BCUT2D eigenvalue weighted by molar-refractivity contribution is 7.80. The number of rotatable bonds is 6. The molecular formula is C31H27N5OS. The summed E-state index contributed by atoms with van der Waals surface area (Å²) in [5, 5.41) is 4.18. The summed E-state index contributed by atoms with van der Waals surface area (Å²) in [6, 6.07) is 30.0. The minimum absolute atomic E-state index is 0.148. The van der Waals surface area contributed by atoms with Crippen molar-refractivity contribution < 1.29 is 4.74 Å². The van der Waals surface area contributed by atoms with Gasteiger partial charge in [0.25, 0.3) is 0 Å². The highest BCUT2D eigenvalue weighted by atomic mass is 32.1. The van der Waals surface area contributed by atoms with Gasteiger partial charge in [0.15, 0.2) is 5.11 Å². The molecule has 1 fully saturated rings. The van der Waals surface area contributed by atoms with Gasteiger partial charge in [-0.1, -0.05) is 30.3 Å². The molecule has 2 aromatic carbocycles. The van der Waals surface area contributed by atoms with E-state index < -0.39 is 0 Å². The van der Waals surface area contributed by atoms with Gasteiger partial charge in [-0.2, -0.15) is 0 Å². The van der Waals surface area contributed by atoms with Crippen LogP contribution in [0.15, 0.2) is 110 Å². The first-order valence-electron chi connectivity index (χ1n) is 12.5. The quantitative estimate of drug-likeness (QED) is 0.249. The van der Waals surface area contributed by atoms with Gasteiger partial charge in [-0.3, -0.25) is 4.98 Å². The van der Waals surface area contributed by atoms with Gasteiger partial charge in [0.05, 0.1) is 11.7 Å². The predicted octanol–water partition coefficient (Wildman–Crippen LogP) is 6.85. The molecule has 38 heavy (non-hydrogen) atoms. The Kier molecular flexibility index (Phi) is 6.35. The summed E-state index contributed by atoms with van der Waals surface area (Å²) < 4.78 is 8.26. The lowest BCUT2D eigenvalue weighted by Crippen LogP contribution is -2.30. The van der Waals surface area contributed by atoms with Crippen LogP contribution in [0, 0.1) is 13.8 Å². The lowest BCUT2D eigenvalue weighted by Gasteiger charge is -2.29. The molecule has 1 N–H and O–H groups in total. The van der Waals surface area contributed by atoms with Crippen LogP contribution in [0.3, 0.4) is 0 Å². The maximum Gasteiger partial charge on any atom is 0.174 e. The van der Waals surface area contributed by atoms with Gasteiger partial charge in [-0.25, -0.2) is 4.98 Å². The zero-order valence-electron chi connectivity index (χ0n) is 21.2. The normalized spacial score (nSPS) is 16.9. The molecule has 188 valence electrons. The number of pyridine rings is 2. The second kappa shape index (κ2) is 10.1. The minimum Gasteiger partial charge on any atom is -0.457 e. The topological polar surface area (TPSA) is 55.2 Å². The maximum atomic E-state index is 6.14. The Labute approximate surface area is 227 Å². The molecule has 6 nitrogen and oxygen atoms in total. The number of para-hydroxylation sites is 1. The number of hydrogen-bond donors (Lipinski definition) is 1. The highest BCUT2D eigenvalue weighted by Crippen LogP contribution is 2.42. The van der Waals surface area contributed by atoms with Crippen molar-refractivity contribution in [2.75, 3.05) is 4.90 Å². The number of nitrogens with zero attached hydrogens (tertiary/aromatic N) is 4. The summed E-state index contributed by atoms with van der Waals surface area (Å²) in [6.07, 6.45) is 5.75. The molecule has 0 unspecified atom stereocenters. The van der Waals surface area contributed by atoms with Crippen LogP contribution in [0.25, 0.3) is 5.82 Å². The first-order valence-corrected chi connectivity index (χ1v) is 12.9. The molecule has 3 aromatic heterocycles. The van der Waals surface area contributed by atoms with Gasteiger partial charge in [-0.15, -0.1) is 0 Å². The molecular weight excluding hydrogens is 490 g/mol. The van der Waals surface area contributed by atoms with Gasteiger partial charge in [0.1, 0.15) is 23.4 Å². The zero-order valence-corrected chi connectivity index (χ0v) is 22.0. The Hall–Kier alpha value is -4.49. The maximum absolute atomic E-state index is 6.14. The number of nitrogens with one attached hydrogen (secondary N) is 1. The lowest BCUT2D eigenvalue weighted by atomic mass is 10.0. The van der Waals surface area contributed by atoms with E-state index in [9.17, 15) is 0 Å². The predicted molar refractivity (Wildman–Crippen MR) is 154 cm³/mol.